The van der Waals surface area contributed by atoms with Gasteiger partial charge in [0.2, 0.25) is 0 Å². The van der Waals surface area contributed by atoms with Crippen LogP contribution >= 0.6 is 0 Å². The molecule has 1 fully saturated rings. The Kier molecular flexibility index (Phi) is 5.10. The highest BCUT2D eigenvalue weighted by Crippen LogP contribution is 2.05. The number of nitrogens with zero attached hydrogens (tertiary/aromatic N) is 1. The molecule has 0 atom stereocenters. The van der Waals surface area contributed by atoms with Crippen molar-refractivity contribution in [3.63, 3.8) is 0 Å². The summed E-state index contributed by atoms with van der Waals surface area (Å²) in [5.74, 6) is 0.353. The van der Waals surface area contributed by atoms with Crippen molar-refractivity contribution in [2.45, 2.75) is 27.3 Å². The molecule has 1 saturated heterocycles. The second kappa shape index (κ2) is 6.35. The van der Waals surface area contributed by atoms with Crippen molar-refractivity contribution in [1.29, 1.82) is 0 Å². The molecular weight excluding hydrogens is 216 g/mol. The molecule has 0 unspecified atom stereocenters. The third-order valence-corrected chi connectivity index (χ3v) is 2.72. The molecule has 1 aliphatic rings. The van der Waals surface area contributed by atoms with Gasteiger partial charge in [0.25, 0.3) is 5.56 Å². The Morgan fingerprint density at radius 1 is 1.47 bits per heavy atom. The SMILES string of the molecule is CC.CC(=O)c1cccn(CC2CNC2)c1=O. The highest BCUT2D eigenvalue weighted by molar-refractivity contribution is 5.93. The van der Waals surface area contributed by atoms with E-state index >= 15 is 0 Å². The van der Waals surface area contributed by atoms with Crippen molar-refractivity contribution in [3.8, 4) is 0 Å². The first kappa shape index (κ1) is 13.6. The lowest BCUT2D eigenvalue weighted by molar-refractivity contribution is 0.101. The van der Waals surface area contributed by atoms with Gasteiger partial charge in [-0.15, -0.1) is 0 Å². The molecule has 1 aliphatic heterocycles. The lowest BCUT2D eigenvalue weighted by atomic mass is 10.0. The maximum atomic E-state index is 11.8. The van der Waals surface area contributed by atoms with Crippen LogP contribution in [-0.2, 0) is 6.54 Å². The first-order valence-corrected chi connectivity index (χ1v) is 6.09. The second-order valence-corrected chi connectivity index (χ2v) is 3.96. The molecule has 0 saturated carbocycles. The maximum Gasteiger partial charge on any atom is 0.261 e. The minimum Gasteiger partial charge on any atom is -0.316 e. The van der Waals surface area contributed by atoms with Gasteiger partial charge in [0, 0.05) is 31.7 Å². The average molecular weight is 236 g/mol. The fourth-order valence-corrected chi connectivity index (χ4v) is 1.70. The third-order valence-electron chi connectivity index (χ3n) is 2.72. The van der Waals surface area contributed by atoms with E-state index in [1.165, 1.54) is 6.92 Å². The van der Waals surface area contributed by atoms with Crippen LogP contribution in [0.15, 0.2) is 23.1 Å². The van der Waals surface area contributed by atoms with Gasteiger partial charge in [-0.3, -0.25) is 9.59 Å². The van der Waals surface area contributed by atoms with E-state index in [9.17, 15) is 9.59 Å². The number of nitrogens with one attached hydrogen (secondary N) is 1. The van der Waals surface area contributed by atoms with Gasteiger partial charge in [-0.05, 0) is 19.1 Å². The predicted molar refractivity (Wildman–Crippen MR) is 68.4 cm³/mol. The van der Waals surface area contributed by atoms with Crippen LogP contribution in [0.4, 0.5) is 0 Å². The summed E-state index contributed by atoms with van der Waals surface area (Å²) in [4.78, 5) is 23.0. The number of aromatic nitrogens is 1. The van der Waals surface area contributed by atoms with Crippen LogP contribution in [0.25, 0.3) is 0 Å². The number of Topliss-reactive ketones (excluding diaryl/α,β-unsaturated/α-hetero) is 1. The van der Waals surface area contributed by atoms with E-state index in [4.69, 9.17) is 0 Å². The van der Waals surface area contributed by atoms with Crippen molar-refractivity contribution in [2.75, 3.05) is 13.1 Å². The molecule has 0 aromatic carbocycles. The van der Waals surface area contributed by atoms with Crippen LogP contribution in [0, 0.1) is 5.92 Å². The summed E-state index contributed by atoms with van der Waals surface area (Å²) in [6, 6.07) is 3.34. The lowest BCUT2D eigenvalue weighted by Gasteiger charge is -2.27. The summed E-state index contributed by atoms with van der Waals surface area (Å²) in [7, 11) is 0. The summed E-state index contributed by atoms with van der Waals surface area (Å²) in [5, 5.41) is 3.16. The molecule has 2 rings (SSSR count). The van der Waals surface area contributed by atoms with Gasteiger partial charge in [0.1, 0.15) is 0 Å². The molecule has 2 heterocycles. The maximum absolute atomic E-state index is 11.8. The zero-order chi connectivity index (χ0) is 12.8. The smallest absolute Gasteiger partial charge is 0.261 e. The van der Waals surface area contributed by atoms with Gasteiger partial charge >= 0.3 is 0 Å². The minimum absolute atomic E-state index is 0.166. The van der Waals surface area contributed by atoms with Gasteiger partial charge in [0.05, 0.1) is 5.56 Å². The predicted octanol–water partition coefficient (Wildman–Crippen LogP) is 1.30. The van der Waals surface area contributed by atoms with Crippen molar-refractivity contribution < 1.29 is 4.79 Å². The van der Waals surface area contributed by atoms with E-state index in [1.54, 1.807) is 22.9 Å². The molecule has 17 heavy (non-hydrogen) atoms. The molecule has 0 spiro atoms. The van der Waals surface area contributed by atoms with Crippen LogP contribution in [-0.4, -0.2) is 23.4 Å². The van der Waals surface area contributed by atoms with E-state index in [2.05, 4.69) is 5.32 Å². The van der Waals surface area contributed by atoms with E-state index in [0.717, 1.165) is 13.1 Å². The van der Waals surface area contributed by atoms with Gasteiger partial charge in [-0.1, -0.05) is 13.8 Å². The third kappa shape index (κ3) is 3.27. The van der Waals surface area contributed by atoms with Crippen molar-refractivity contribution in [2.24, 2.45) is 5.92 Å². The van der Waals surface area contributed by atoms with Gasteiger partial charge in [0.15, 0.2) is 5.78 Å². The molecule has 94 valence electrons. The zero-order valence-electron chi connectivity index (χ0n) is 10.7. The number of pyridine rings is 1. The lowest BCUT2D eigenvalue weighted by Crippen LogP contribution is -2.45. The molecule has 1 aromatic heterocycles. The van der Waals surface area contributed by atoms with Crippen molar-refractivity contribution in [3.05, 3.63) is 34.2 Å². The van der Waals surface area contributed by atoms with Crippen LogP contribution in [0.3, 0.4) is 0 Å². The Labute approximate surface area is 102 Å². The van der Waals surface area contributed by atoms with E-state index in [0.29, 0.717) is 12.5 Å². The van der Waals surface area contributed by atoms with Gasteiger partial charge in [-0.2, -0.15) is 0 Å². The normalized spacial score (nSPS) is 14.5. The second-order valence-electron chi connectivity index (χ2n) is 3.96. The van der Waals surface area contributed by atoms with E-state index in [1.807, 2.05) is 13.8 Å². The van der Waals surface area contributed by atoms with Gasteiger partial charge < -0.3 is 9.88 Å². The monoisotopic (exact) mass is 236 g/mol. The van der Waals surface area contributed by atoms with Crippen molar-refractivity contribution >= 4 is 5.78 Å². The Morgan fingerprint density at radius 2 is 2.12 bits per heavy atom. The van der Waals surface area contributed by atoms with E-state index < -0.39 is 0 Å². The largest absolute Gasteiger partial charge is 0.316 e. The van der Waals surface area contributed by atoms with E-state index in [-0.39, 0.29) is 16.9 Å². The van der Waals surface area contributed by atoms with Crippen LogP contribution in [0.2, 0.25) is 0 Å². The fourth-order valence-electron chi connectivity index (χ4n) is 1.70. The first-order chi connectivity index (χ1) is 8.18. The Bertz CT molecular complexity index is 433. The molecule has 1 N–H and O–H groups in total. The number of hydrogen-bond acceptors (Lipinski definition) is 3. The Hall–Kier alpha value is -1.42. The summed E-state index contributed by atoms with van der Waals surface area (Å²) in [5.41, 5.74) is 0.113. The van der Waals surface area contributed by atoms with Crippen LogP contribution in [0.5, 0.6) is 0 Å². The molecule has 1 aromatic rings. The summed E-state index contributed by atoms with van der Waals surface area (Å²) >= 11 is 0. The quantitative estimate of drug-likeness (QED) is 0.805. The highest BCUT2D eigenvalue weighted by Gasteiger charge is 2.18. The first-order valence-electron chi connectivity index (χ1n) is 6.09. The fraction of sp³-hybridized carbons (Fsp3) is 0.538. The Morgan fingerprint density at radius 3 is 2.59 bits per heavy atom. The summed E-state index contributed by atoms with van der Waals surface area (Å²) in [6.07, 6.45) is 1.74. The van der Waals surface area contributed by atoms with Gasteiger partial charge in [-0.25, -0.2) is 0 Å². The number of ketones is 1. The number of carbonyl (C=O) groups is 1. The summed E-state index contributed by atoms with van der Waals surface area (Å²) < 4.78 is 1.63. The van der Waals surface area contributed by atoms with Crippen LogP contribution < -0.4 is 10.9 Å². The molecular formula is C13H20N2O2. The summed E-state index contributed by atoms with van der Waals surface area (Å²) in [6.45, 7) is 8.03. The minimum atomic E-state index is -0.170. The molecule has 0 bridgehead atoms. The van der Waals surface area contributed by atoms with Crippen LogP contribution in [0.1, 0.15) is 31.1 Å². The standard InChI is InChI=1S/C11H14N2O2.C2H6/c1-8(14)10-3-2-4-13(11(10)15)7-9-5-12-6-9;1-2/h2-4,9,12H,5-7H2,1H3;1-2H3. The topological polar surface area (TPSA) is 51.1 Å². The molecule has 0 amide bonds. The van der Waals surface area contributed by atoms with Crippen molar-refractivity contribution in [1.82, 2.24) is 9.88 Å². The zero-order valence-corrected chi connectivity index (χ0v) is 10.7. The number of carbonyl (C=O) groups excluding carboxylic acids is 1. The molecule has 0 radical (unpaired) electrons. The number of hydrogen-bond donors (Lipinski definition) is 1. The molecule has 0 aliphatic carbocycles. The highest BCUT2D eigenvalue weighted by atomic mass is 16.1. The Balaban J connectivity index is 0.000000686. The average Bonchev–Trinajstić information content (AvgIpc) is 2.27. The number of rotatable bonds is 3. The molecule has 4 nitrogen and oxygen atoms in total. The molecule has 4 heteroatoms.